The van der Waals surface area contributed by atoms with Crippen LogP contribution < -0.4 is 4.74 Å². The molecule has 0 saturated carbocycles. The van der Waals surface area contributed by atoms with Crippen molar-refractivity contribution in [2.24, 2.45) is 0 Å². The Balaban J connectivity index is 1.41. The molecule has 0 unspecified atom stereocenters. The Hall–Kier alpha value is -2.67. The molecule has 1 saturated heterocycles. The van der Waals surface area contributed by atoms with E-state index in [1.807, 2.05) is 12.1 Å². The molecule has 6 nitrogen and oxygen atoms in total. The summed E-state index contributed by atoms with van der Waals surface area (Å²) in [5, 5.41) is 10.8. The minimum atomic E-state index is -0.587. The molecule has 2 aromatic carbocycles. The maximum Gasteiger partial charge on any atom is 0.256 e. The first-order valence-electron chi connectivity index (χ1n) is 8.31. The average molecular weight is 375 g/mol. The predicted molar refractivity (Wildman–Crippen MR) is 94.9 cm³/mol. The topological polar surface area (TPSA) is 71.1 Å². The van der Waals surface area contributed by atoms with Gasteiger partial charge in [-0.05, 0) is 30.3 Å². The van der Waals surface area contributed by atoms with Crippen LogP contribution in [0.3, 0.4) is 0 Å². The first-order chi connectivity index (χ1) is 12.6. The van der Waals surface area contributed by atoms with E-state index in [0.717, 1.165) is 5.75 Å². The first kappa shape index (κ1) is 16.8. The number of amides is 1. The van der Waals surface area contributed by atoms with Crippen molar-refractivity contribution in [1.29, 1.82) is 0 Å². The van der Waals surface area contributed by atoms with Crippen LogP contribution in [0.2, 0.25) is 5.02 Å². The highest BCUT2D eigenvalue weighted by Gasteiger charge is 2.26. The fourth-order valence-corrected chi connectivity index (χ4v) is 3.21. The molecule has 3 aromatic rings. The Morgan fingerprint density at radius 1 is 1.15 bits per heavy atom. The number of nitrogens with one attached hydrogen (secondary N) is 1. The summed E-state index contributed by atoms with van der Waals surface area (Å²) >= 11 is 5.87. The summed E-state index contributed by atoms with van der Waals surface area (Å²) in [4.78, 5) is 14.3. The van der Waals surface area contributed by atoms with Crippen molar-refractivity contribution in [3.8, 4) is 5.75 Å². The summed E-state index contributed by atoms with van der Waals surface area (Å²) in [7, 11) is 0. The second-order valence-corrected chi connectivity index (χ2v) is 6.64. The molecule has 0 spiro atoms. The van der Waals surface area contributed by atoms with E-state index in [4.69, 9.17) is 16.3 Å². The van der Waals surface area contributed by atoms with Gasteiger partial charge in [-0.15, -0.1) is 0 Å². The minimum Gasteiger partial charge on any atom is -0.490 e. The zero-order chi connectivity index (χ0) is 18.1. The number of piperidine rings is 1. The highest BCUT2D eigenvalue weighted by molar-refractivity contribution is 6.30. The molecular weight excluding hydrogens is 359 g/mol. The second-order valence-electron chi connectivity index (χ2n) is 6.21. The van der Waals surface area contributed by atoms with E-state index in [1.54, 1.807) is 17.0 Å². The number of ether oxygens (including phenoxy) is 1. The lowest BCUT2D eigenvalue weighted by Crippen LogP contribution is -2.42. The molecule has 0 aliphatic carbocycles. The summed E-state index contributed by atoms with van der Waals surface area (Å²) in [5.41, 5.74) is 0.883. The Labute approximate surface area is 153 Å². The number of likely N-dealkylation sites (tertiary alicyclic amines) is 1. The molecule has 2 heterocycles. The summed E-state index contributed by atoms with van der Waals surface area (Å²) in [6.45, 7) is 1.01. The van der Waals surface area contributed by atoms with Crippen molar-refractivity contribution < 1.29 is 13.9 Å². The van der Waals surface area contributed by atoms with Gasteiger partial charge in [0.15, 0.2) is 0 Å². The lowest BCUT2D eigenvalue weighted by Gasteiger charge is -2.32. The predicted octanol–water partition coefficient (Wildman–Crippen LogP) is 3.43. The highest BCUT2D eigenvalue weighted by atomic mass is 35.5. The molecule has 1 fully saturated rings. The third kappa shape index (κ3) is 3.35. The number of benzene rings is 2. The number of aromatic amines is 1. The van der Waals surface area contributed by atoms with Crippen LogP contribution in [0.4, 0.5) is 4.39 Å². The van der Waals surface area contributed by atoms with Gasteiger partial charge in [-0.25, -0.2) is 4.39 Å². The van der Waals surface area contributed by atoms with Crippen molar-refractivity contribution in [1.82, 2.24) is 20.3 Å². The van der Waals surface area contributed by atoms with Crippen LogP contribution in [0, 0.1) is 5.82 Å². The zero-order valence-corrected chi connectivity index (χ0v) is 14.5. The zero-order valence-electron chi connectivity index (χ0n) is 13.8. The van der Waals surface area contributed by atoms with Crippen LogP contribution in [-0.2, 0) is 0 Å². The molecule has 1 aliphatic rings. The number of nitrogens with zero attached hydrogens (tertiary/aromatic N) is 3. The average Bonchev–Trinajstić information content (AvgIpc) is 3.10. The van der Waals surface area contributed by atoms with E-state index in [0.29, 0.717) is 42.0 Å². The molecule has 1 amide bonds. The SMILES string of the molecule is O=C(c1cc2n[nH]nc2cc1F)N1CCC(Oc2ccc(Cl)cc2)CC1. The molecule has 134 valence electrons. The number of hydrogen-bond donors (Lipinski definition) is 1. The van der Waals surface area contributed by atoms with Crippen molar-refractivity contribution in [2.45, 2.75) is 18.9 Å². The monoisotopic (exact) mass is 374 g/mol. The van der Waals surface area contributed by atoms with Crippen LogP contribution in [0.5, 0.6) is 5.75 Å². The first-order valence-corrected chi connectivity index (χ1v) is 8.69. The summed E-state index contributed by atoms with van der Waals surface area (Å²) in [6, 6.07) is 9.86. The second kappa shape index (κ2) is 6.92. The van der Waals surface area contributed by atoms with E-state index in [-0.39, 0.29) is 17.6 Å². The van der Waals surface area contributed by atoms with Gasteiger partial charge >= 0.3 is 0 Å². The van der Waals surface area contributed by atoms with Gasteiger partial charge < -0.3 is 9.64 Å². The number of hydrogen-bond acceptors (Lipinski definition) is 4. The van der Waals surface area contributed by atoms with E-state index < -0.39 is 5.82 Å². The summed E-state index contributed by atoms with van der Waals surface area (Å²) < 4.78 is 20.2. The molecule has 1 aromatic heterocycles. The van der Waals surface area contributed by atoms with Crippen molar-refractivity contribution >= 4 is 28.5 Å². The van der Waals surface area contributed by atoms with Crippen LogP contribution in [0.15, 0.2) is 36.4 Å². The number of H-pyrrole nitrogens is 1. The molecule has 0 atom stereocenters. The largest absolute Gasteiger partial charge is 0.490 e. The minimum absolute atomic E-state index is 0.0168. The number of carbonyl (C=O) groups is 1. The van der Waals surface area contributed by atoms with Gasteiger partial charge in [0.2, 0.25) is 0 Å². The third-order valence-electron chi connectivity index (χ3n) is 4.48. The van der Waals surface area contributed by atoms with E-state index in [1.165, 1.54) is 12.1 Å². The Bertz CT molecular complexity index is 936. The molecule has 26 heavy (non-hydrogen) atoms. The molecule has 4 rings (SSSR count). The van der Waals surface area contributed by atoms with Gasteiger partial charge in [-0.1, -0.05) is 11.6 Å². The maximum absolute atomic E-state index is 14.2. The van der Waals surface area contributed by atoms with Crippen molar-refractivity contribution in [3.05, 3.63) is 52.8 Å². The fraction of sp³-hybridized carbons (Fsp3) is 0.278. The smallest absolute Gasteiger partial charge is 0.256 e. The molecule has 8 heteroatoms. The van der Waals surface area contributed by atoms with E-state index in [9.17, 15) is 9.18 Å². The standard InChI is InChI=1S/C18H16ClFN4O2/c19-11-1-3-12(4-2-11)26-13-5-7-24(8-6-13)18(25)14-9-16-17(10-15(14)20)22-23-21-16/h1-4,9-10,13H,5-8H2,(H,21,22,23). The Morgan fingerprint density at radius 2 is 1.81 bits per heavy atom. The van der Waals surface area contributed by atoms with Gasteiger partial charge in [0, 0.05) is 37.0 Å². The number of rotatable bonds is 3. The van der Waals surface area contributed by atoms with Gasteiger partial charge in [0.25, 0.3) is 5.91 Å². The Morgan fingerprint density at radius 3 is 2.50 bits per heavy atom. The summed E-state index contributed by atoms with van der Waals surface area (Å²) in [5.74, 6) is -0.171. The van der Waals surface area contributed by atoms with E-state index >= 15 is 0 Å². The van der Waals surface area contributed by atoms with Gasteiger partial charge in [-0.2, -0.15) is 15.4 Å². The van der Waals surface area contributed by atoms with Gasteiger partial charge in [0.1, 0.15) is 28.7 Å². The normalized spacial score (nSPS) is 15.4. The van der Waals surface area contributed by atoms with Crippen LogP contribution in [-0.4, -0.2) is 45.4 Å². The lowest BCUT2D eigenvalue weighted by atomic mass is 10.1. The highest BCUT2D eigenvalue weighted by Crippen LogP contribution is 2.23. The molecular formula is C18H16ClFN4O2. The summed E-state index contributed by atoms with van der Waals surface area (Å²) in [6.07, 6.45) is 1.38. The lowest BCUT2D eigenvalue weighted by molar-refractivity contribution is 0.0591. The third-order valence-corrected chi connectivity index (χ3v) is 4.73. The molecule has 0 bridgehead atoms. The molecule has 0 radical (unpaired) electrons. The van der Waals surface area contributed by atoms with Crippen LogP contribution in [0.1, 0.15) is 23.2 Å². The number of halogens is 2. The molecule has 1 N–H and O–H groups in total. The van der Waals surface area contributed by atoms with Gasteiger partial charge in [-0.3, -0.25) is 4.79 Å². The van der Waals surface area contributed by atoms with Gasteiger partial charge in [0.05, 0.1) is 5.56 Å². The quantitative estimate of drug-likeness (QED) is 0.762. The number of fused-ring (bicyclic) bond motifs is 1. The van der Waals surface area contributed by atoms with Crippen molar-refractivity contribution in [3.63, 3.8) is 0 Å². The molecule has 1 aliphatic heterocycles. The number of aromatic nitrogens is 3. The van der Waals surface area contributed by atoms with E-state index in [2.05, 4.69) is 15.4 Å². The fourth-order valence-electron chi connectivity index (χ4n) is 3.08. The van der Waals surface area contributed by atoms with Crippen LogP contribution in [0.25, 0.3) is 11.0 Å². The van der Waals surface area contributed by atoms with Crippen LogP contribution >= 0.6 is 11.6 Å². The Kier molecular flexibility index (Phi) is 4.46. The number of carbonyl (C=O) groups excluding carboxylic acids is 1. The maximum atomic E-state index is 14.2. The van der Waals surface area contributed by atoms with Crippen molar-refractivity contribution in [2.75, 3.05) is 13.1 Å².